The molecule has 0 N–H and O–H groups in total. The van der Waals surface area contributed by atoms with Gasteiger partial charge in [-0.25, -0.2) is 23.3 Å². The van der Waals surface area contributed by atoms with Gasteiger partial charge < -0.3 is 0 Å². The Bertz CT molecular complexity index is 248. The van der Waals surface area contributed by atoms with Crippen LogP contribution in [0.2, 0.25) is 13.1 Å². The predicted octanol–water partition coefficient (Wildman–Crippen LogP) is 4.75. The summed E-state index contributed by atoms with van der Waals surface area (Å²) in [5.74, 6) is 0. The average Bonchev–Trinajstić information content (AvgIpc) is 2.81. The maximum Gasteiger partial charge on any atom is 2.00 e. The molecule has 0 aromatic heterocycles. The minimum atomic E-state index is 0. The van der Waals surface area contributed by atoms with E-state index in [-0.39, 0.29) is 46.5 Å². The molecule has 0 saturated carbocycles. The fourth-order valence-corrected chi connectivity index (χ4v) is 1.03. The SMILES string of the molecule is CC1=[C-]CC=C1.CC1=[C-]CC=C1.C[SiH]C.Cl.Cl.[Ti+2]. The Morgan fingerprint density at radius 3 is 1.22 bits per heavy atom. The van der Waals surface area contributed by atoms with Gasteiger partial charge in [-0.05, 0) is 0 Å². The summed E-state index contributed by atoms with van der Waals surface area (Å²) in [6, 6.07) is 0. The molecule has 0 amide bonds. The quantitative estimate of drug-likeness (QED) is 0.442. The number of halogens is 2. The van der Waals surface area contributed by atoms with E-state index in [2.05, 4.69) is 63.4 Å². The molecule has 0 aromatic carbocycles. The van der Waals surface area contributed by atoms with Gasteiger partial charge in [-0.1, -0.05) is 26.9 Å². The maximum absolute atomic E-state index is 3.12. The zero-order valence-electron chi connectivity index (χ0n) is 11.6. The van der Waals surface area contributed by atoms with E-state index in [0.29, 0.717) is 0 Å². The molecule has 0 atom stereocenters. The Balaban J connectivity index is -0.0000000793. The van der Waals surface area contributed by atoms with E-state index in [9.17, 15) is 0 Å². The first-order valence-corrected chi connectivity index (χ1v) is 7.73. The molecule has 0 spiro atoms. The third kappa shape index (κ3) is 18.8. The van der Waals surface area contributed by atoms with Gasteiger partial charge in [0.2, 0.25) is 0 Å². The van der Waals surface area contributed by atoms with Gasteiger partial charge in [-0.3, -0.25) is 12.2 Å². The molecule has 1 radical (unpaired) electrons. The smallest absolute Gasteiger partial charge is 0.270 e. The molecule has 0 aromatic rings. The number of rotatable bonds is 0. The maximum atomic E-state index is 3.12. The van der Waals surface area contributed by atoms with E-state index in [1.54, 1.807) is 0 Å². The molecule has 0 aliphatic heterocycles. The molecular formula is C14H23Cl2SiTi. The molecule has 0 unspecified atom stereocenters. The average molecular weight is 338 g/mol. The van der Waals surface area contributed by atoms with Gasteiger partial charge in [0.1, 0.15) is 0 Å². The second-order valence-electron chi connectivity index (χ2n) is 3.51. The molecule has 2 aliphatic rings. The molecule has 18 heavy (non-hydrogen) atoms. The van der Waals surface area contributed by atoms with Crippen LogP contribution in [-0.2, 0) is 21.7 Å². The summed E-state index contributed by atoms with van der Waals surface area (Å²) in [5, 5.41) is 0. The van der Waals surface area contributed by atoms with Crippen LogP contribution in [-0.4, -0.2) is 9.52 Å². The summed E-state index contributed by atoms with van der Waals surface area (Å²) in [7, 11) is 0.750. The number of hydrogen-bond acceptors (Lipinski definition) is 0. The van der Waals surface area contributed by atoms with E-state index in [1.807, 2.05) is 0 Å². The van der Waals surface area contributed by atoms with E-state index < -0.39 is 0 Å². The van der Waals surface area contributed by atoms with E-state index in [0.717, 1.165) is 22.4 Å². The van der Waals surface area contributed by atoms with Crippen molar-refractivity contribution in [2.45, 2.75) is 39.8 Å². The molecule has 2 aliphatic carbocycles. The van der Waals surface area contributed by atoms with Crippen LogP contribution < -0.4 is 0 Å². The molecule has 0 nitrogen and oxygen atoms in total. The van der Waals surface area contributed by atoms with Crippen molar-refractivity contribution in [3.05, 3.63) is 47.6 Å². The van der Waals surface area contributed by atoms with Crippen molar-refractivity contribution in [3.8, 4) is 0 Å². The van der Waals surface area contributed by atoms with Gasteiger partial charge in [0, 0.05) is 9.52 Å². The van der Waals surface area contributed by atoms with Crippen LogP contribution in [0, 0.1) is 12.2 Å². The Hall–Kier alpha value is 0.471. The predicted molar refractivity (Wildman–Crippen MR) is 85.7 cm³/mol. The van der Waals surface area contributed by atoms with Gasteiger partial charge in [0.05, 0.1) is 0 Å². The van der Waals surface area contributed by atoms with E-state index in [4.69, 9.17) is 0 Å². The van der Waals surface area contributed by atoms with Crippen LogP contribution in [0.5, 0.6) is 0 Å². The van der Waals surface area contributed by atoms with Gasteiger partial charge in [-0.2, -0.15) is 12.2 Å². The molecular weight excluding hydrogens is 315 g/mol. The second-order valence-corrected chi connectivity index (χ2v) is 4.66. The molecule has 0 saturated heterocycles. The van der Waals surface area contributed by atoms with Crippen LogP contribution >= 0.6 is 24.8 Å². The van der Waals surface area contributed by atoms with Crippen LogP contribution in [0.4, 0.5) is 0 Å². The Kier molecular flexibility index (Phi) is 29.6. The van der Waals surface area contributed by atoms with Crippen molar-refractivity contribution in [2.75, 3.05) is 0 Å². The molecule has 4 heteroatoms. The minimum Gasteiger partial charge on any atom is -0.270 e. The number of allylic oxidation sites excluding steroid dienone is 8. The summed E-state index contributed by atoms with van der Waals surface area (Å²) in [5.41, 5.74) is 2.55. The van der Waals surface area contributed by atoms with Crippen molar-refractivity contribution < 1.29 is 21.7 Å². The van der Waals surface area contributed by atoms with Crippen LogP contribution in [0.3, 0.4) is 0 Å². The van der Waals surface area contributed by atoms with Gasteiger partial charge in [0.25, 0.3) is 0 Å². The largest absolute Gasteiger partial charge is 2.00 e. The van der Waals surface area contributed by atoms with Crippen molar-refractivity contribution in [1.82, 2.24) is 0 Å². The third-order valence-corrected chi connectivity index (χ3v) is 1.73. The number of hydrogen-bond donors (Lipinski definition) is 0. The van der Waals surface area contributed by atoms with Gasteiger partial charge >= 0.3 is 21.7 Å². The van der Waals surface area contributed by atoms with Gasteiger partial charge in [0.15, 0.2) is 0 Å². The van der Waals surface area contributed by atoms with Crippen molar-refractivity contribution in [1.29, 1.82) is 0 Å². The monoisotopic (exact) mass is 337 g/mol. The molecule has 0 heterocycles. The minimum absolute atomic E-state index is 0. The zero-order valence-corrected chi connectivity index (χ0v) is 16.0. The first-order chi connectivity index (χ1) is 7.20. The first kappa shape index (κ1) is 26.9. The van der Waals surface area contributed by atoms with Crippen molar-refractivity contribution >= 4 is 34.3 Å². The van der Waals surface area contributed by atoms with Crippen LogP contribution in [0.15, 0.2) is 35.5 Å². The molecule has 2 rings (SSSR count). The summed E-state index contributed by atoms with van der Waals surface area (Å²) in [6.07, 6.45) is 16.7. The molecule has 101 valence electrons. The summed E-state index contributed by atoms with van der Waals surface area (Å²) >= 11 is 0. The fraction of sp³-hybridized carbons (Fsp3) is 0.429. The van der Waals surface area contributed by atoms with E-state index >= 15 is 0 Å². The van der Waals surface area contributed by atoms with E-state index in [1.165, 1.54) is 11.1 Å². The van der Waals surface area contributed by atoms with Crippen LogP contribution in [0.25, 0.3) is 0 Å². The Labute approximate surface area is 143 Å². The summed E-state index contributed by atoms with van der Waals surface area (Å²) in [6.45, 7) is 8.53. The molecule has 0 bridgehead atoms. The Morgan fingerprint density at radius 2 is 1.17 bits per heavy atom. The summed E-state index contributed by atoms with van der Waals surface area (Å²) < 4.78 is 0. The van der Waals surface area contributed by atoms with Crippen molar-refractivity contribution in [3.63, 3.8) is 0 Å². The van der Waals surface area contributed by atoms with Crippen molar-refractivity contribution in [2.24, 2.45) is 0 Å². The zero-order chi connectivity index (χ0) is 11.5. The topological polar surface area (TPSA) is 0 Å². The van der Waals surface area contributed by atoms with Gasteiger partial charge in [-0.15, -0.1) is 37.7 Å². The molecule has 0 fully saturated rings. The summed E-state index contributed by atoms with van der Waals surface area (Å²) in [4.78, 5) is 0. The first-order valence-electron chi connectivity index (χ1n) is 5.42. The Morgan fingerprint density at radius 1 is 0.889 bits per heavy atom. The third-order valence-electron chi connectivity index (χ3n) is 1.73. The fourth-order valence-electron chi connectivity index (χ4n) is 1.03. The second kappa shape index (κ2) is 19.8. The standard InChI is InChI=1S/2C6H7.C2H7Si.2ClH.Ti/c2*1-6-4-2-3-5-6;1-3-2;;;/h2*2,4H,3H2,1H3;3H,1-2H3;2*1H;/q2*-1;;;;+2. The normalized spacial score (nSPS) is 13.3. The van der Waals surface area contributed by atoms with Crippen LogP contribution in [0.1, 0.15) is 26.7 Å².